The molecule has 3 heterocycles. The van der Waals surface area contributed by atoms with Gasteiger partial charge in [0.15, 0.2) is 34.5 Å². The molecule has 35 heavy (non-hydrogen) atoms. The van der Waals surface area contributed by atoms with Gasteiger partial charge in [-0.05, 0) is 47.3 Å². The Bertz CT molecular complexity index is 1670. The van der Waals surface area contributed by atoms with Crippen LogP contribution in [0, 0.1) is 0 Å². The predicted octanol–water partition coefficient (Wildman–Crippen LogP) is 5.16. The van der Waals surface area contributed by atoms with Crippen molar-refractivity contribution in [3.8, 4) is 62.5 Å². The molecule has 0 radical (unpaired) electrons. The molecule has 0 saturated carbocycles. The molecule has 1 aliphatic heterocycles. The highest BCUT2D eigenvalue weighted by molar-refractivity contribution is 6.10. The third-order valence-corrected chi connectivity index (χ3v) is 6.50. The molecule has 8 heteroatoms. The van der Waals surface area contributed by atoms with Gasteiger partial charge in [0, 0.05) is 34.3 Å². The molecule has 1 aliphatic rings. The van der Waals surface area contributed by atoms with Crippen molar-refractivity contribution in [2.45, 2.75) is 6.61 Å². The molecule has 0 amide bonds. The topological polar surface area (TPSA) is 113 Å². The lowest BCUT2D eigenvalue weighted by Gasteiger charge is -2.21. The van der Waals surface area contributed by atoms with Crippen LogP contribution in [0.2, 0.25) is 0 Å². The van der Waals surface area contributed by atoms with Crippen molar-refractivity contribution in [1.82, 2.24) is 4.40 Å². The number of benzene rings is 3. The number of hydrogen-bond acceptors (Lipinski definition) is 7. The summed E-state index contributed by atoms with van der Waals surface area (Å²) < 4.78 is 18.8. The third kappa shape index (κ3) is 2.93. The van der Waals surface area contributed by atoms with Gasteiger partial charge in [0.1, 0.15) is 12.4 Å². The van der Waals surface area contributed by atoms with Gasteiger partial charge in [-0.3, -0.25) is 0 Å². The Morgan fingerprint density at radius 3 is 2.26 bits per heavy atom. The zero-order chi connectivity index (χ0) is 24.4. The fourth-order valence-electron chi connectivity index (χ4n) is 4.88. The van der Waals surface area contributed by atoms with Gasteiger partial charge in [-0.2, -0.15) is 0 Å². The van der Waals surface area contributed by atoms with Crippen LogP contribution < -0.4 is 14.2 Å². The SMILES string of the molecule is COc1cc2c(cc1O)OCc1c-2c(-c2ccc(O)c(O)c2)c2c3cc(OC)c(O)cc3ccn12. The summed E-state index contributed by atoms with van der Waals surface area (Å²) in [6.45, 7) is 0.236. The molecule has 6 rings (SSSR count). The van der Waals surface area contributed by atoms with Crippen LogP contribution in [-0.4, -0.2) is 39.0 Å². The Labute approximate surface area is 199 Å². The molecule has 2 aromatic heterocycles. The van der Waals surface area contributed by atoms with Crippen LogP contribution >= 0.6 is 0 Å². The Morgan fingerprint density at radius 1 is 0.771 bits per heavy atom. The Balaban J connectivity index is 1.82. The van der Waals surface area contributed by atoms with Gasteiger partial charge in [0.2, 0.25) is 0 Å². The van der Waals surface area contributed by atoms with Crippen molar-refractivity contribution in [3.63, 3.8) is 0 Å². The lowest BCUT2D eigenvalue weighted by Crippen LogP contribution is -2.07. The summed E-state index contributed by atoms with van der Waals surface area (Å²) in [4.78, 5) is 0. The fourth-order valence-corrected chi connectivity index (χ4v) is 4.88. The van der Waals surface area contributed by atoms with Crippen molar-refractivity contribution < 1.29 is 34.6 Å². The van der Waals surface area contributed by atoms with Crippen LogP contribution in [0.3, 0.4) is 0 Å². The first-order chi connectivity index (χ1) is 16.9. The minimum Gasteiger partial charge on any atom is -0.504 e. The normalized spacial score (nSPS) is 12.3. The highest BCUT2D eigenvalue weighted by Gasteiger charge is 2.30. The highest BCUT2D eigenvalue weighted by atomic mass is 16.5. The predicted molar refractivity (Wildman–Crippen MR) is 130 cm³/mol. The number of ether oxygens (including phenoxy) is 3. The quantitative estimate of drug-likeness (QED) is 0.269. The molecule has 0 unspecified atom stereocenters. The molecule has 8 nitrogen and oxygen atoms in total. The van der Waals surface area contributed by atoms with E-state index in [0.717, 1.165) is 33.1 Å². The number of hydrogen-bond donors (Lipinski definition) is 4. The summed E-state index contributed by atoms with van der Waals surface area (Å²) in [5.74, 6) is 0.639. The standard InChI is InChI=1S/C27H21NO7/c1-33-23-9-15-13(7-20(23)31)5-6-28-17-12-35-22-11-21(32)24(34-2)10-16(22)26(17)25(27(15)28)14-3-4-18(29)19(30)8-14/h3-11,29-32H,12H2,1-2H3. The number of methoxy groups -OCH3 is 2. The molecule has 3 aromatic carbocycles. The van der Waals surface area contributed by atoms with Gasteiger partial charge >= 0.3 is 0 Å². The smallest absolute Gasteiger partial charge is 0.161 e. The summed E-state index contributed by atoms with van der Waals surface area (Å²) in [5.41, 5.74) is 4.67. The second kappa shape index (κ2) is 7.39. The van der Waals surface area contributed by atoms with E-state index in [9.17, 15) is 20.4 Å². The average Bonchev–Trinajstić information content (AvgIpc) is 3.19. The molecule has 0 aliphatic carbocycles. The van der Waals surface area contributed by atoms with Crippen LogP contribution in [0.15, 0.2) is 54.7 Å². The molecule has 0 spiro atoms. The van der Waals surface area contributed by atoms with Gasteiger partial charge in [0.05, 0.1) is 25.4 Å². The van der Waals surface area contributed by atoms with E-state index in [1.54, 1.807) is 24.3 Å². The highest BCUT2D eigenvalue weighted by Crippen LogP contribution is 2.52. The molecule has 0 atom stereocenters. The zero-order valence-electron chi connectivity index (χ0n) is 18.9. The Kier molecular flexibility index (Phi) is 4.41. The monoisotopic (exact) mass is 471 g/mol. The Morgan fingerprint density at radius 2 is 1.51 bits per heavy atom. The second-order valence-electron chi connectivity index (χ2n) is 8.35. The fraction of sp³-hybridized carbons (Fsp3) is 0.111. The van der Waals surface area contributed by atoms with Crippen LogP contribution in [0.25, 0.3) is 38.5 Å². The lowest BCUT2D eigenvalue weighted by atomic mass is 9.92. The summed E-state index contributed by atoms with van der Waals surface area (Å²) in [7, 11) is 2.97. The lowest BCUT2D eigenvalue weighted by molar-refractivity contribution is 0.292. The first-order valence-electron chi connectivity index (χ1n) is 10.8. The van der Waals surface area contributed by atoms with Gasteiger partial charge in [-0.1, -0.05) is 6.07 Å². The van der Waals surface area contributed by atoms with Gasteiger partial charge in [-0.15, -0.1) is 0 Å². The van der Waals surface area contributed by atoms with E-state index in [2.05, 4.69) is 0 Å². The molecular formula is C27H21NO7. The molecule has 0 fully saturated rings. The van der Waals surface area contributed by atoms with Gasteiger partial charge in [-0.25, -0.2) is 0 Å². The number of rotatable bonds is 3. The first kappa shape index (κ1) is 20.9. The van der Waals surface area contributed by atoms with Crippen molar-refractivity contribution in [2.75, 3.05) is 14.2 Å². The largest absolute Gasteiger partial charge is 0.504 e. The Hall–Kier alpha value is -4.72. The molecule has 176 valence electrons. The van der Waals surface area contributed by atoms with Crippen molar-refractivity contribution in [2.24, 2.45) is 0 Å². The van der Waals surface area contributed by atoms with E-state index in [1.807, 2.05) is 16.7 Å². The maximum atomic E-state index is 10.4. The summed E-state index contributed by atoms with van der Waals surface area (Å²) in [5, 5.41) is 42.6. The minimum absolute atomic E-state index is 0.0263. The van der Waals surface area contributed by atoms with E-state index in [1.165, 1.54) is 32.4 Å². The number of pyridine rings is 1. The van der Waals surface area contributed by atoms with Crippen molar-refractivity contribution >= 4 is 16.3 Å². The molecule has 0 bridgehead atoms. The molecule has 4 N–H and O–H groups in total. The summed E-state index contributed by atoms with van der Waals surface area (Å²) in [6.07, 6.45) is 1.90. The average molecular weight is 471 g/mol. The van der Waals surface area contributed by atoms with Gasteiger partial charge < -0.3 is 39.0 Å². The zero-order valence-corrected chi connectivity index (χ0v) is 18.9. The molecule has 0 saturated heterocycles. The number of phenols is 4. The summed E-state index contributed by atoms with van der Waals surface area (Å²) >= 11 is 0. The summed E-state index contributed by atoms with van der Waals surface area (Å²) in [6, 6.07) is 13.2. The van der Waals surface area contributed by atoms with E-state index in [0.29, 0.717) is 28.4 Å². The van der Waals surface area contributed by atoms with Crippen LogP contribution in [0.4, 0.5) is 0 Å². The molecular weight excluding hydrogens is 450 g/mol. The number of aromatic nitrogens is 1. The van der Waals surface area contributed by atoms with E-state index in [-0.39, 0.29) is 29.6 Å². The van der Waals surface area contributed by atoms with Crippen LogP contribution in [-0.2, 0) is 6.61 Å². The van der Waals surface area contributed by atoms with Crippen LogP contribution in [0.1, 0.15) is 5.69 Å². The van der Waals surface area contributed by atoms with E-state index < -0.39 is 0 Å². The maximum Gasteiger partial charge on any atom is 0.161 e. The van der Waals surface area contributed by atoms with Crippen molar-refractivity contribution in [3.05, 3.63) is 60.4 Å². The number of nitrogens with zero attached hydrogens (tertiary/aromatic N) is 1. The minimum atomic E-state index is -0.248. The molecule has 5 aromatic rings. The number of aromatic hydroxyl groups is 4. The number of fused-ring (bicyclic) bond motifs is 7. The second-order valence-corrected chi connectivity index (χ2v) is 8.35. The van der Waals surface area contributed by atoms with Gasteiger partial charge in [0.25, 0.3) is 0 Å². The van der Waals surface area contributed by atoms with E-state index >= 15 is 0 Å². The first-order valence-corrected chi connectivity index (χ1v) is 10.8. The van der Waals surface area contributed by atoms with E-state index in [4.69, 9.17) is 14.2 Å². The van der Waals surface area contributed by atoms with Crippen molar-refractivity contribution in [1.29, 1.82) is 0 Å². The number of phenolic OH excluding ortho intramolecular Hbond substituents is 4. The van der Waals surface area contributed by atoms with Crippen LogP contribution in [0.5, 0.6) is 40.2 Å². The third-order valence-electron chi connectivity index (χ3n) is 6.50. The maximum absolute atomic E-state index is 10.4.